The van der Waals surface area contributed by atoms with Crippen LogP contribution < -0.4 is 4.74 Å². The zero-order valence-corrected chi connectivity index (χ0v) is 13.6. The van der Waals surface area contributed by atoms with Gasteiger partial charge < -0.3 is 14.4 Å². The van der Waals surface area contributed by atoms with Gasteiger partial charge in [-0.25, -0.2) is 4.98 Å². The van der Waals surface area contributed by atoms with Crippen LogP contribution in [0.25, 0.3) is 10.9 Å². The van der Waals surface area contributed by atoms with E-state index in [1.165, 1.54) is 0 Å². The second-order valence-corrected chi connectivity index (χ2v) is 5.69. The molecule has 1 aliphatic heterocycles. The van der Waals surface area contributed by atoms with Crippen LogP contribution in [0.15, 0.2) is 36.4 Å². The lowest BCUT2D eigenvalue weighted by Crippen LogP contribution is -2.56. The van der Waals surface area contributed by atoms with Crippen LogP contribution in [0.3, 0.4) is 0 Å². The lowest BCUT2D eigenvalue weighted by atomic mass is 10.1. The Bertz CT molecular complexity index is 741. The predicted molar refractivity (Wildman–Crippen MR) is 88.6 cm³/mol. The highest BCUT2D eigenvalue weighted by atomic mass is 16.5. The summed E-state index contributed by atoms with van der Waals surface area (Å²) in [5, 5.41) is 1.06. The van der Waals surface area contributed by atoms with Crippen molar-refractivity contribution in [3.63, 3.8) is 0 Å². The van der Waals surface area contributed by atoms with Gasteiger partial charge in [-0.15, -0.1) is 0 Å². The quantitative estimate of drug-likeness (QED) is 0.760. The number of carbonyl (C=O) groups excluding carboxylic acids is 2. The average Bonchev–Trinajstić information content (AvgIpc) is 2.55. The van der Waals surface area contributed by atoms with Crippen molar-refractivity contribution in [3.05, 3.63) is 36.4 Å². The predicted octanol–water partition coefficient (Wildman–Crippen LogP) is 2.17. The van der Waals surface area contributed by atoms with Crippen molar-refractivity contribution >= 4 is 22.8 Å². The number of rotatable bonds is 6. The molecule has 3 rings (SSSR count). The molecule has 6 nitrogen and oxygen atoms in total. The number of hydrogen-bond acceptors (Lipinski definition) is 5. The summed E-state index contributed by atoms with van der Waals surface area (Å²) in [6.45, 7) is 3.13. The van der Waals surface area contributed by atoms with E-state index in [1.54, 1.807) is 11.8 Å². The van der Waals surface area contributed by atoms with Crippen LogP contribution in [0.5, 0.6) is 5.88 Å². The number of carbonyl (C=O) groups is 2. The second kappa shape index (κ2) is 7.29. The molecule has 0 saturated carbocycles. The van der Waals surface area contributed by atoms with E-state index in [-0.39, 0.29) is 30.8 Å². The average molecular weight is 328 g/mol. The Hall–Kier alpha value is -2.63. The number of nitrogens with zero attached hydrogens (tertiary/aromatic N) is 2. The van der Waals surface area contributed by atoms with E-state index in [0.717, 1.165) is 10.9 Å². The Morgan fingerprint density at radius 3 is 2.75 bits per heavy atom. The highest BCUT2D eigenvalue weighted by molar-refractivity contribution is 5.82. The fraction of sp³-hybridized carbons (Fsp3) is 0.389. The van der Waals surface area contributed by atoms with Crippen LogP contribution in [0.1, 0.15) is 19.8 Å². The molecule has 1 saturated heterocycles. The number of ether oxygens (including phenoxy) is 2. The van der Waals surface area contributed by atoms with Gasteiger partial charge in [0.15, 0.2) is 0 Å². The fourth-order valence-corrected chi connectivity index (χ4v) is 2.60. The molecule has 0 unspecified atom stereocenters. The second-order valence-electron chi connectivity index (χ2n) is 5.69. The van der Waals surface area contributed by atoms with Gasteiger partial charge in [0, 0.05) is 17.9 Å². The maximum atomic E-state index is 12.0. The van der Waals surface area contributed by atoms with E-state index < -0.39 is 0 Å². The lowest BCUT2D eigenvalue weighted by molar-refractivity contribution is -0.148. The molecule has 1 amide bonds. The monoisotopic (exact) mass is 328 g/mol. The number of fused-ring (bicyclic) bond motifs is 1. The minimum absolute atomic E-state index is 0.0469. The normalized spacial score (nSPS) is 14.3. The molecule has 0 spiro atoms. The van der Waals surface area contributed by atoms with Crippen molar-refractivity contribution in [1.82, 2.24) is 9.88 Å². The van der Waals surface area contributed by atoms with E-state index in [0.29, 0.717) is 25.6 Å². The van der Waals surface area contributed by atoms with Crippen molar-refractivity contribution in [2.24, 2.45) is 0 Å². The number of benzene rings is 1. The first-order valence-electron chi connectivity index (χ1n) is 8.11. The molecule has 1 aliphatic rings. The van der Waals surface area contributed by atoms with Crippen molar-refractivity contribution in [2.45, 2.75) is 25.9 Å². The largest absolute Gasteiger partial charge is 0.471 e. The first-order chi connectivity index (χ1) is 11.7. The van der Waals surface area contributed by atoms with Crippen LogP contribution >= 0.6 is 0 Å². The van der Waals surface area contributed by atoms with Gasteiger partial charge in [0.2, 0.25) is 11.8 Å². The zero-order valence-electron chi connectivity index (χ0n) is 13.6. The minimum atomic E-state index is -0.334. The summed E-state index contributed by atoms with van der Waals surface area (Å²) in [6.07, 6.45) is 0.256. The minimum Gasteiger partial charge on any atom is -0.471 e. The van der Waals surface area contributed by atoms with Crippen LogP contribution in [0.4, 0.5) is 0 Å². The highest BCUT2D eigenvalue weighted by Gasteiger charge is 2.32. The Morgan fingerprint density at radius 1 is 1.17 bits per heavy atom. The molecule has 0 radical (unpaired) electrons. The molecule has 2 aromatic rings. The smallest absolute Gasteiger partial charge is 0.306 e. The van der Waals surface area contributed by atoms with Gasteiger partial charge in [-0.2, -0.15) is 0 Å². The third-order valence-corrected chi connectivity index (χ3v) is 3.91. The van der Waals surface area contributed by atoms with Gasteiger partial charge in [0.1, 0.15) is 6.10 Å². The van der Waals surface area contributed by atoms with E-state index in [2.05, 4.69) is 4.98 Å². The molecule has 24 heavy (non-hydrogen) atoms. The summed E-state index contributed by atoms with van der Waals surface area (Å²) in [7, 11) is 0. The molecular formula is C18H20N2O4. The van der Waals surface area contributed by atoms with Crippen molar-refractivity contribution < 1.29 is 19.1 Å². The third kappa shape index (κ3) is 3.82. The summed E-state index contributed by atoms with van der Waals surface area (Å²) >= 11 is 0. The summed E-state index contributed by atoms with van der Waals surface area (Å²) in [6, 6.07) is 11.7. The number of hydrogen-bond donors (Lipinski definition) is 0. The standard InChI is InChI=1S/C18H20N2O4/c1-2-23-18(22)10-9-17(21)20-11-14(12-20)24-16-8-7-13-5-3-4-6-15(13)19-16/h3-8,14H,2,9-12H2,1H3. The Kier molecular flexibility index (Phi) is 4.93. The van der Waals surface area contributed by atoms with Gasteiger partial charge >= 0.3 is 5.97 Å². The topological polar surface area (TPSA) is 68.7 Å². The summed E-state index contributed by atoms with van der Waals surface area (Å²) in [5.41, 5.74) is 0.886. The summed E-state index contributed by atoms with van der Waals surface area (Å²) < 4.78 is 10.6. The molecule has 0 bridgehead atoms. The van der Waals surface area contributed by atoms with E-state index in [9.17, 15) is 9.59 Å². The van der Waals surface area contributed by atoms with Crippen LogP contribution in [-0.4, -0.2) is 47.6 Å². The number of para-hydroxylation sites is 1. The highest BCUT2D eigenvalue weighted by Crippen LogP contribution is 2.20. The maximum absolute atomic E-state index is 12.0. The first kappa shape index (κ1) is 16.2. The Labute approximate surface area is 140 Å². The Balaban J connectivity index is 1.46. The molecule has 1 aromatic carbocycles. The Morgan fingerprint density at radius 2 is 1.96 bits per heavy atom. The molecular weight excluding hydrogens is 308 g/mol. The molecule has 2 heterocycles. The fourth-order valence-electron chi connectivity index (χ4n) is 2.60. The van der Waals surface area contributed by atoms with E-state index in [1.807, 2.05) is 36.4 Å². The summed E-state index contributed by atoms with van der Waals surface area (Å²) in [5.74, 6) is 0.186. The van der Waals surface area contributed by atoms with Crippen LogP contribution in [-0.2, 0) is 14.3 Å². The van der Waals surface area contributed by atoms with Gasteiger partial charge in [-0.1, -0.05) is 18.2 Å². The maximum Gasteiger partial charge on any atom is 0.306 e. The van der Waals surface area contributed by atoms with E-state index in [4.69, 9.17) is 9.47 Å². The molecule has 0 aliphatic carbocycles. The zero-order chi connectivity index (χ0) is 16.9. The third-order valence-electron chi connectivity index (χ3n) is 3.91. The van der Waals surface area contributed by atoms with Gasteiger partial charge in [-0.05, 0) is 19.1 Å². The number of aromatic nitrogens is 1. The molecule has 6 heteroatoms. The number of esters is 1. The van der Waals surface area contributed by atoms with Crippen molar-refractivity contribution in [3.8, 4) is 5.88 Å². The molecule has 1 fully saturated rings. The number of amides is 1. The van der Waals surface area contributed by atoms with Gasteiger partial charge in [0.25, 0.3) is 0 Å². The number of pyridine rings is 1. The van der Waals surface area contributed by atoms with Crippen molar-refractivity contribution in [2.75, 3.05) is 19.7 Å². The lowest BCUT2D eigenvalue weighted by Gasteiger charge is -2.38. The molecule has 0 atom stereocenters. The van der Waals surface area contributed by atoms with Crippen LogP contribution in [0, 0.1) is 0 Å². The SMILES string of the molecule is CCOC(=O)CCC(=O)N1CC(Oc2ccc3ccccc3n2)C1. The first-order valence-corrected chi connectivity index (χ1v) is 8.11. The molecule has 126 valence electrons. The van der Waals surface area contributed by atoms with Crippen LogP contribution in [0.2, 0.25) is 0 Å². The van der Waals surface area contributed by atoms with Crippen molar-refractivity contribution in [1.29, 1.82) is 0 Å². The van der Waals surface area contributed by atoms with E-state index >= 15 is 0 Å². The van der Waals surface area contributed by atoms with Gasteiger partial charge in [0.05, 0.1) is 31.6 Å². The molecule has 0 N–H and O–H groups in total. The summed E-state index contributed by atoms with van der Waals surface area (Å²) in [4.78, 5) is 29.4. The van der Waals surface area contributed by atoms with Gasteiger partial charge in [-0.3, -0.25) is 9.59 Å². The number of likely N-dealkylation sites (tertiary alicyclic amines) is 1. The molecule has 1 aromatic heterocycles.